The lowest BCUT2D eigenvalue weighted by molar-refractivity contribution is 0.298. The first-order chi connectivity index (χ1) is 9.83. The van der Waals surface area contributed by atoms with Gasteiger partial charge in [-0.25, -0.2) is 4.99 Å². The minimum atomic E-state index is -0.0264. The minimum absolute atomic E-state index is 0.0264. The van der Waals surface area contributed by atoms with E-state index in [2.05, 4.69) is 22.4 Å². The third kappa shape index (κ3) is 3.00. The predicted molar refractivity (Wildman–Crippen MR) is 81.0 cm³/mol. The molecule has 3 rings (SSSR count). The van der Waals surface area contributed by atoms with Crippen LogP contribution >= 0.6 is 11.6 Å². The summed E-state index contributed by atoms with van der Waals surface area (Å²) in [6.07, 6.45) is -0.0264. The zero-order valence-corrected chi connectivity index (χ0v) is 11.7. The fraction of sp³-hybridized carbons (Fsp3) is 0.188. The first-order valence-corrected chi connectivity index (χ1v) is 6.93. The molecule has 20 heavy (non-hydrogen) atoms. The number of benzene rings is 2. The van der Waals surface area contributed by atoms with Crippen molar-refractivity contribution in [2.24, 2.45) is 4.99 Å². The molecule has 2 aromatic rings. The van der Waals surface area contributed by atoms with Crippen molar-refractivity contribution in [1.29, 1.82) is 0 Å². The van der Waals surface area contributed by atoms with Crippen molar-refractivity contribution in [2.75, 3.05) is 6.61 Å². The summed E-state index contributed by atoms with van der Waals surface area (Å²) >= 11 is 6.14. The summed E-state index contributed by atoms with van der Waals surface area (Å²) in [7, 11) is 0. The molecule has 0 spiro atoms. The van der Waals surface area contributed by atoms with Gasteiger partial charge in [-0.15, -0.1) is 0 Å². The molecule has 1 aliphatic rings. The van der Waals surface area contributed by atoms with Gasteiger partial charge in [-0.2, -0.15) is 0 Å². The molecule has 2 aromatic carbocycles. The lowest BCUT2D eigenvalue weighted by Crippen LogP contribution is -2.27. The molecular weight excluding hydrogens is 272 g/mol. The second kappa shape index (κ2) is 6.07. The zero-order valence-electron chi connectivity index (χ0n) is 10.9. The van der Waals surface area contributed by atoms with Gasteiger partial charge >= 0.3 is 0 Å². The van der Waals surface area contributed by atoms with Gasteiger partial charge in [0.05, 0.1) is 10.6 Å². The number of aliphatic imine (C=N–C) groups is 1. The molecule has 0 aliphatic carbocycles. The SMILES string of the molecule is Clc1ccccc1C1=NC(NCc2ccccc2)CO1. The molecule has 0 fully saturated rings. The van der Waals surface area contributed by atoms with Crippen LogP contribution in [0, 0.1) is 0 Å². The Morgan fingerprint density at radius 2 is 1.85 bits per heavy atom. The van der Waals surface area contributed by atoms with Crippen molar-refractivity contribution >= 4 is 17.5 Å². The number of hydrogen-bond donors (Lipinski definition) is 1. The number of ether oxygens (including phenoxy) is 1. The zero-order chi connectivity index (χ0) is 13.8. The summed E-state index contributed by atoms with van der Waals surface area (Å²) in [4.78, 5) is 4.53. The van der Waals surface area contributed by atoms with Crippen molar-refractivity contribution in [1.82, 2.24) is 5.32 Å². The van der Waals surface area contributed by atoms with E-state index in [1.165, 1.54) is 5.56 Å². The number of hydrogen-bond acceptors (Lipinski definition) is 3. The molecule has 1 atom stereocenters. The van der Waals surface area contributed by atoms with E-state index in [0.717, 1.165) is 12.1 Å². The van der Waals surface area contributed by atoms with Crippen LogP contribution in [0.4, 0.5) is 0 Å². The number of nitrogens with one attached hydrogen (secondary N) is 1. The highest BCUT2D eigenvalue weighted by molar-refractivity contribution is 6.33. The summed E-state index contributed by atoms with van der Waals surface area (Å²) in [5, 5.41) is 4.02. The van der Waals surface area contributed by atoms with Crippen LogP contribution in [0.15, 0.2) is 59.6 Å². The number of nitrogens with zero attached hydrogens (tertiary/aromatic N) is 1. The van der Waals surface area contributed by atoms with Gasteiger partial charge in [-0.3, -0.25) is 5.32 Å². The average molecular weight is 287 g/mol. The van der Waals surface area contributed by atoms with E-state index in [-0.39, 0.29) is 6.17 Å². The van der Waals surface area contributed by atoms with E-state index >= 15 is 0 Å². The second-order valence-corrected chi connectivity index (χ2v) is 5.01. The normalized spacial score (nSPS) is 17.6. The molecule has 0 bridgehead atoms. The monoisotopic (exact) mass is 286 g/mol. The van der Waals surface area contributed by atoms with Crippen LogP contribution < -0.4 is 5.32 Å². The van der Waals surface area contributed by atoms with Gasteiger partial charge in [0.2, 0.25) is 5.90 Å². The maximum atomic E-state index is 6.14. The first kappa shape index (κ1) is 13.2. The highest BCUT2D eigenvalue weighted by Gasteiger charge is 2.20. The Hall–Kier alpha value is -1.84. The number of halogens is 1. The highest BCUT2D eigenvalue weighted by atomic mass is 35.5. The molecule has 1 N–H and O–H groups in total. The van der Waals surface area contributed by atoms with Crippen LogP contribution in [0.3, 0.4) is 0 Å². The molecule has 0 saturated heterocycles. The molecule has 0 saturated carbocycles. The molecule has 0 amide bonds. The van der Waals surface area contributed by atoms with E-state index in [9.17, 15) is 0 Å². The van der Waals surface area contributed by atoms with Crippen molar-refractivity contribution in [3.63, 3.8) is 0 Å². The van der Waals surface area contributed by atoms with Crippen molar-refractivity contribution in [2.45, 2.75) is 12.7 Å². The number of rotatable bonds is 4. The van der Waals surface area contributed by atoms with Gasteiger partial charge in [0.1, 0.15) is 12.8 Å². The standard InChI is InChI=1S/C16H15ClN2O/c17-14-9-5-4-8-13(14)16-19-15(11-20-16)18-10-12-6-2-1-3-7-12/h1-9,15,18H,10-11H2. The lowest BCUT2D eigenvalue weighted by atomic mass is 10.2. The van der Waals surface area contributed by atoms with Gasteiger partial charge in [-0.05, 0) is 17.7 Å². The Balaban J connectivity index is 1.65. The molecule has 1 heterocycles. The molecule has 1 unspecified atom stereocenters. The third-order valence-electron chi connectivity index (χ3n) is 3.14. The molecule has 3 nitrogen and oxygen atoms in total. The predicted octanol–water partition coefficient (Wildman–Crippen LogP) is 3.23. The molecule has 102 valence electrons. The van der Waals surface area contributed by atoms with Crippen LogP contribution in [0.5, 0.6) is 0 Å². The minimum Gasteiger partial charge on any atom is -0.474 e. The first-order valence-electron chi connectivity index (χ1n) is 6.56. The van der Waals surface area contributed by atoms with Crippen LogP contribution in [0.2, 0.25) is 5.02 Å². The van der Waals surface area contributed by atoms with E-state index in [0.29, 0.717) is 17.5 Å². The van der Waals surface area contributed by atoms with Crippen LogP contribution in [-0.4, -0.2) is 18.7 Å². The van der Waals surface area contributed by atoms with Gasteiger partial charge in [0, 0.05) is 6.54 Å². The Bertz CT molecular complexity index is 613. The average Bonchev–Trinajstić information content (AvgIpc) is 2.95. The molecule has 0 aromatic heterocycles. The van der Waals surface area contributed by atoms with Gasteiger partial charge < -0.3 is 4.74 Å². The summed E-state index contributed by atoms with van der Waals surface area (Å²) in [5.74, 6) is 0.612. The van der Waals surface area contributed by atoms with Crippen molar-refractivity contribution < 1.29 is 4.74 Å². The summed E-state index contributed by atoms with van der Waals surface area (Å²) in [5.41, 5.74) is 2.08. The molecular formula is C16H15ClN2O. The maximum absolute atomic E-state index is 6.14. The summed E-state index contributed by atoms with van der Waals surface area (Å²) < 4.78 is 5.62. The van der Waals surface area contributed by atoms with E-state index in [1.54, 1.807) is 0 Å². The maximum Gasteiger partial charge on any atom is 0.219 e. The van der Waals surface area contributed by atoms with E-state index in [4.69, 9.17) is 16.3 Å². The Labute approximate surface area is 123 Å². The van der Waals surface area contributed by atoms with Crippen molar-refractivity contribution in [3.05, 3.63) is 70.7 Å². The van der Waals surface area contributed by atoms with E-state index in [1.807, 2.05) is 42.5 Å². The van der Waals surface area contributed by atoms with Gasteiger partial charge in [0.15, 0.2) is 0 Å². The van der Waals surface area contributed by atoms with E-state index < -0.39 is 0 Å². The Kier molecular flexibility index (Phi) is 4.00. The molecule has 1 aliphatic heterocycles. The quantitative estimate of drug-likeness (QED) is 0.936. The highest BCUT2D eigenvalue weighted by Crippen LogP contribution is 2.19. The smallest absolute Gasteiger partial charge is 0.219 e. The fourth-order valence-electron chi connectivity index (χ4n) is 2.09. The largest absolute Gasteiger partial charge is 0.474 e. The lowest BCUT2D eigenvalue weighted by Gasteiger charge is -2.07. The Morgan fingerprint density at radius 3 is 2.65 bits per heavy atom. The molecule has 4 heteroatoms. The topological polar surface area (TPSA) is 33.6 Å². The van der Waals surface area contributed by atoms with Crippen LogP contribution in [0.25, 0.3) is 0 Å². The van der Waals surface area contributed by atoms with Crippen LogP contribution in [0.1, 0.15) is 11.1 Å². The third-order valence-corrected chi connectivity index (χ3v) is 3.47. The molecule has 0 radical (unpaired) electrons. The Morgan fingerprint density at radius 1 is 1.10 bits per heavy atom. The summed E-state index contributed by atoms with van der Waals surface area (Å²) in [6, 6.07) is 17.8. The fourth-order valence-corrected chi connectivity index (χ4v) is 2.31. The summed E-state index contributed by atoms with van der Waals surface area (Å²) in [6.45, 7) is 1.31. The van der Waals surface area contributed by atoms with Gasteiger partial charge in [-0.1, -0.05) is 54.1 Å². The van der Waals surface area contributed by atoms with Crippen molar-refractivity contribution in [3.8, 4) is 0 Å². The van der Waals surface area contributed by atoms with Crippen LogP contribution in [-0.2, 0) is 11.3 Å². The van der Waals surface area contributed by atoms with Gasteiger partial charge in [0.25, 0.3) is 0 Å². The second-order valence-electron chi connectivity index (χ2n) is 4.61.